The minimum atomic E-state index is -3.81. The Morgan fingerprint density at radius 3 is 1.47 bits per heavy atom. The predicted molar refractivity (Wildman–Crippen MR) is 96.4 cm³/mol. The molecule has 0 fully saturated rings. The van der Waals surface area contributed by atoms with Crippen molar-refractivity contribution >= 4 is 53.0 Å². The molecule has 7 heteroatoms. The van der Waals surface area contributed by atoms with E-state index >= 15 is 0 Å². The average molecular weight is 518 g/mol. The molecule has 0 atom stereocenters. The Hall–Kier alpha value is 1.57. The lowest BCUT2D eigenvalue weighted by atomic mass is 10.2. The summed E-state index contributed by atoms with van der Waals surface area (Å²) in [6, 6.07) is 0. The number of phosphoric acid groups is 1. The van der Waals surface area contributed by atoms with E-state index < -0.39 is 7.82 Å². The highest BCUT2D eigenvalue weighted by atomic mass is 127. The van der Waals surface area contributed by atoms with Gasteiger partial charge in [0.05, 0.1) is 13.2 Å². The van der Waals surface area contributed by atoms with Crippen LogP contribution in [0.4, 0.5) is 0 Å². The van der Waals surface area contributed by atoms with E-state index in [1.807, 2.05) is 0 Å². The summed E-state index contributed by atoms with van der Waals surface area (Å²) in [6.07, 6.45) is 8.43. The normalized spacial score (nSPS) is 11.9. The summed E-state index contributed by atoms with van der Waals surface area (Å²) in [5.41, 5.74) is 0. The van der Waals surface area contributed by atoms with Crippen LogP contribution in [-0.4, -0.2) is 27.0 Å². The molecule has 0 spiro atoms. The molecule has 0 aromatic rings. The second kappa shape index (κ2) is 14.5. The third-order valence-corrected chi connectivity index (χ3v) is 5.11. The second-order valence-electron chi connectivity index (χ2n) is 4.34. The van der Waals surface area contributed by atoms with Crippen LogP contribution in [0.15, 0.2) is 0 Å². The van der Waals surface area contributed by atoms with Gasteiger partial charge in [-0.15, -0.1) is 0 Å². The van der Waals surface area contributed by atoms with Crippen LogP contribution in [0.5, 0.6) is 0 Å². The molecule has 0 amide bonds. The molecule has 0 saturated heterocycles. The molecule has 0 rings (SSSR count). The summed E-state index contributed by atoms with van der Waals surface area (Å²) in [7, 11) is -3.81. The van der Waals surface area contributed by atoms with E-state index in [0.29, 0.717) is 13.2 Å². The molecule has 4 nitrogen and oxygen atoms in total. The zero-order chi connectivity index (χ0) is 14.4. The third-order valence-electron chi connectivity index (χ3n) is 2.56. The molecule has 116 valence electrons. The SMILES string of the molecule is O=P(O)(OCCCCCCI)OCCCCCCI. The first-order valence-corrected chi connectivity index (χ1v) is 11.4. The first-order chi connectivity index (χ1) is 9.12. The number of rotatable bonds is 14. The quantitative estimate of drug-likeness (QED) is 0.150. The van der Waals surface area contributed by atoms with Gasteiger partial charge in [-0.25, -0.2) is 4.57 Å². The Labute approximate surface area is 144 Å². The van der Waals surface area contributed by atoms with Crippen LogP contribution in [0.3, 0.4) is 0 Å². The molecule has 19 heavy (non-hydrogen) atoms. The lowest BCUT2D eigenvalue weighted by molar-refractivity contribution is 0.145. The summed E-state index contributed by atoms with van der Waals surface area (Å²) in [4.78, 5) is 9.43. The highest BCUT2D eigenvalue weighted by Gasteiger charge is 2.19. The summed E-state index contributed by atoms with van der Waals surface area (Å²) in [5.74, 6) is 0. The molecule has 0 unspecified atom stereocenters. The van der Waals surface area contributed by atoms with Crippen molar-refractivity contribution < 1.29 is 18.5 Å². The van der Waals surface area contributed by atoms with Gasteiger partial charge in [-0.1, -0.05) is 70.9 Å². The minimum Gasteiger partial charge on any atom is -0.302 e. The van der Waals surface area contributed by atoms with Gasteiger partial charge in [-0.3, -0.25) is 9.05 Å². The standard InChI is InChI=1S/C12H25I2O4P/c13-9-5-1-3-7-11-17-19(15,16)18-12-8-4-2-6-10-14/h1-12H2,(H,15,16). The smallest absolute Gasteiger partial charge is 0.302 e. The zero-order valence-electron chi connectivity index (χ0n) is 11.4. The van der Waals surface area contributed by atoms with E-state index in [2.05, 4.69) is 45.2 Å². The molecule has 0 aliphatic carbocycles. The van der Waals surface area contributed by atoms with Crippen molar-refractivity contribution in [2.24, 2.45) is 0 Å². The zero-order valence-corrected chi connectivity index (χ0v) is 16.6. The first-order valence-electron chi connectivity index (χ1n) is 6.86. The number of alkyl halides is 2. The van der Waals surface area contributed by atoms with Crippen molar-refractivity contribution in [1.29, 1.82) is 0 Å². The van der Waals surface area contributed by atoms with Gasteiger partial charge in [0, 0.05) is 0 Å². The summed E-state index contributed by atoms with van der Waals surface area (Å²) in [6.45, 7) is 0.619. The lowest BCUT2D eigenvalue weighted by Crippen LogP contribution is -1.99. The van der Waals surface area contributed by atoms with Crippen molar-refractivity contribution in [3.63, 3.8) is 0 Å². The van der Waals surface area contributed by atoms with Crippen molar-refractivity contribution in [3.8, 4) is 0 Å². The highest BCUT2D eigenvalue weighted by Crippen LogP contribution is 2.43. The van der Waals surface area contributed by atoms with E-state index in [1.54, 1.807) is 0 Å². The predicted octanol–water partition coefficient (Wildman–Crippen LogP) is 5.11. The summed E-state index contributed by atoms with van der Waals surface area (Å²) < 4.78 is 23.7. The number of hydrogen-bond donors (Lipinski definition) is 1. The van der Waals surface area contributed by atoms with Gasteiger partial charge in [0.25, 0.3) is 0 Å². The van der Waals surface area contributed by atoms with Crippen LogP contribution in [0.2, 0.25) is 0 Å². The maximum atomic E-state index is 11.5. The maximum Gasteiger partial charge on any atom is 0.472 e. The van der Waals surface area contributed by atoms with Crippen molar-refractivity contribution in [2.45, 2.75) is 51.4 Å². The van der Waals surface area contributed by atoms with Gasteiger partial charge in [-0.2, -0.15) is 0 Å². The second-order valence-corrected chi connectivity index (χ2v) is 7.95. The monoisotopic (exact) mass is 518 g/mol. The lowest BCUT2D eigenvalue weighted by Gasteiger charge is -2.11. The Morgan fingerprint density at radius 2 is 1.11 bits per heavy atom. The van der Waals surface area contributed by atoms with Gasteiger partial charge < -0.3 is 4.89 Å². The van der Waals surface area contributed by atoms with E-state index in [-0.39, 0.29) is 0 Å². The van der Waals surface area contributed by atoms with Crippen molar-refractivity contribution in [1.82, 2.24) is 0 Å². The Bertz CT molecular complexity index is 222. The Kier molecular flexibility index (Phi) is 15.7. The van der Waals surface area contributed by atoms with Crippen LogP contribution in [-0.2, 0) is 13.6 Å². The number of unbranched alkanes of at least 4 members (excludes halogenated alkanes) is 6. The molecular formula is C12H25I2O4P. The van der Waals surface area contributed by atoms with Crippen LogP contribution >= 0.6 is 53.0 Å². The van der Waals surface area contributed by atoms with Crippen molar-refractivity contribution in [2.75, 3.05) is 22.1 Å². The largest absolute Gasteiger partial charge is 0.472 e. The van der Waals surface area contributed by atoms with E-state index in [0.717, 1.165) is 47.4 Å². The molecule has 0 aliphatic rings. The topological polar surface area (TPSA) is 55.8 Å². The fourth-order valence-electron chi connectivity index (χ4n) is 1.50. The van der Waals surface area contributed by atoms with Gasteiger partial charge in [0.2, 0.25) is 0 Å². The van der Waals surface area contributed by atoms with E-state index in [1.165, 1.54) is 12.8 Å². The Morgan fingerprint density at radius 1 is 0.737 bits per heavy atom. The molecular weight excluding hydrogens is 493 g/mol. The van der Waals surface area contributed by atoms with Gasteiger partial charge >= 0.3 is 7.82 Å². The molecule has 0 aromatic carbocycles. The highest BCUT2D eigenvalue weighted by molar-refractivity contribution is 14.1. The fraction of sp³-hybridized carbons (Fsp3) is 1.00. The van der Waals surface area contributed by atoms with E-state index in [9.17, 15) is 9.46 Å². The molecule has 0 radical (unpaired) electrons. The van der Waals surface area contributed by atoms with Crippen LogP contribution in [0.25, 0.3) is 0 Å². The van der Waals surface area contributed by atoms with Crippen LogP contribution in [0, 0.1) is 0 Å². The fourth-order valence-corrected chi connectivity index (χ4v) is 3.37. The molecule has 0 aromatic heterocycles. The van der Waals surface area contributed by atoms with Gasteiger partial charge in [0.15, 0.2) is 0 Å². The average Bonchev–Trinajstić information content (AvgIpc) is 2.38. The number of phosphoric ester groups is 1. The molecule has 1 N–H and O–H groups in total. The first kappa shape index (κ1) is 20.6. The molecule has 0 aliphatic heterocycles. The molecule has 0 heterocycles. The number of hydrogen-bond acceptors (Lipinski definition) is 3. The third kappa shape index (κ3) is 15.8. The molecule has 0 saturated carbocycles. The van der Waals surface area contributed by atoms with Crippen LogP contribution in [0.1, 0.15) is 51.4 Å². The van der Waals surface area contributed by atoms with E-state index in [4.69, 9.17) is 9.05 Å². The molecule has 0 bridgehead atoms. The van der Waals surface area contributed by atoms with Crippen molar-refractivity contribution in [3.05, 3.63) is 0 Å². The minimum absolute atomic E-state index is 0.309. The van der Waals surface area contributed by atoms with Crippen LogP contribution < -0.4 is 0 Å². The maximum absolute atomic E-state index is 11.5. The Balaban J connectivity index is 3.39. The summed E-state index contributed by atoms with van der Waals surface area (Å²) >= 11 is 4.70. The number of halogens is 2. The summed E-state index contributed by atoms with van der Waals surface area (Å²) in [5, 5.41) is 0. The van der Waals surface area contributed by atoms with Gasteiger partial charge in [-0.05, 0) is 34.5 Å². The van der Waals surface area contributed by atoms with Gasteiger partial charge in [0.1, 0.15) is 0 Å².